The molecule has 2 aromatic rings. The van der Waals surface area contributed by atoms with Crippen LogP contribution in [0.4, 0.5) is 0 Å². The molecule has 0 aliphatic rings. The molecule has 0 amide bonds. The van der Waals surface area contributed by atoms with Gasteiger partial charge in [0.2, 0.25) is 0 Å². The lowest BCUT2D eigenvalue weighted by Gasteiger charge is -2.11. The maximum Gasteiger partial charge on any atom is 0.162 e. The Bertz CT molecular complexity index is 492. The van der Waals surface area contributed by atoms with Gasteiger partial charge in [-0.05, 0) is 12.5 Å². The number of furan rings is 1. The second kappa shape index (κ2) is 5.78. The maximum atomic E-state index is 5.06. The first-order chi connectivity index (χ1) is 8.70. The molecule has 0 unspecified atom stereocenters. The molecule has 1 N–H and O–H groups in total. The van der Waals surface area contributed by atoms with E-state index in [0.717, 1.165) is 30.0 Å². The predicted molar refractivity (Wildman–Crippen MR) is 71.1 cm³/mol. The first-order valence-electron chi connectivity index (χ1n) is 6.31. The van der Waals surface area contributed by atoms with Crippen LogP contribution in [-0.4, -0.2) is 16.0 Å². The second-order valence-electron chi connectivity index (χ2n) is 4.57. The lowest BCUT2D eigenvalue weighted by atomic mass is 10.1. The highest BCUT2D eigenvalue weighted by Gasteiger charge is 2.08. The first-order valence-corrected chi connectivity index (χ1v) is 6.31. The highest BCUT2D eigenvalue weighted by molar-refractivity contribution is 5.52. The summed E-state index contributed by atoms with van der Waals surface area (Å²) in [6, 6.07) is 2.34. The molecule has 0 bridgehead atoms. The molecule has 18 heavy (non-hydrogen) atoms. The number of nitrogens with one attached hydrogen (secondary N) is 1. The second-order valence-corrected chi connectivity index (χ2v) is 4.57. The van der Waals surface area contributed by atoms with Crippen LogP contribution in [0.3, 0.4) is 0 Å². The molecule has 0 aliphatic heterocycles. The lowest BCUT2D eigenvalue weighted by molar-refractivity contribution is 0.567. The van der Waals surface area contributed by atoms with Crippen LogP contribution in [0.2, 0.25) is 0 Å². The molecule has 2 heterocycles. The van der Waals surface area contributed by atoms with Gasteiger partial charge in [0.1, 0.15) is 6.26 Å². The fourth-order valence-electron chi connectivity index (χ4n) is 1.74. The van der Waals surface area contributed by atoms with E-state index in [-0.39, 0.29) is 0 Å². The number of hydrogen-bond acceptors (Lipinski definition) is 4. The molecule has 96 valence electrons. The Morgan fingerprint density at radius 3 is 2.83 bits per heavy atom. The van der Waals surface area contributed by atoms with Crippen molar-refractivity contribution < 1.29 is 4.42 Å². The van der Waals surface area contributed by atoms with Crippen LogP contribution < -0.4 is 5.32 Å². The standard InChI is InChI=1S/C14H19N3O/c1-4-13-12(7-15-10(2)3)8-16-14(17-13)11-5-6-18-9-11/h5-6,8-10,15H,4,7H2,1-3H3. The third-order valence-corrected chi connectivity index (χ3v) is 2.77. The van der Waals surface area contributed by atoms with E-state index in [1.807, 2.05) is 12.3 Å². The summed E-state index contributed by atoms with van der Waals surface area (Å²) >= 11 is 0. The van der Waals surface area contributed by atoms with Gasteiger partial charge in [-0.2, -0.15) is 0 Å². The Kier molecular flexibility index (Phi) is 4.10. The van der Waals surface area contributed by atoms with Crippen molar-refractivity contribution in [1.29, 1.82) is 0 Å². The van der Waals surface area contributed by atoms with Crippen LogP contribution in [0, 0.1) is 0 Å². The molecule has 0 saturated heterocycles. The summed E-state index contributed by atoms with van der Waals surface area (Å²) in [6.07, 6.45) is 6.12. The largest absolute Gasteiger partial charge is 0.472 e. The third kappa shape index (κ3) is 2.96. The molecule has 0 spiro atoms. The fraction of sp³-hybridized carbons (Fsp3) is 0.429. The summed E-state index contributed by atoms with van der Waals surface area (Å²) in [4.78, 5) is 9.00. The van der Waals surface area contributed by atoms with Gasteiger partial charge in [-0.15, -0.1) is 0 Å². The Morgan fingerprint density at radius 2 is 2.22 bits per heavy atom. The van der Waals surface area contributed by atoms with E-state index >= 15 is 0 Å². The molecule has 0 radical (unpaired) electrons. The van der Waals surface area contributed by atoms with Crippen molar-refractivity contribution in [1.82, 2.24) is 15.3 Å². The van der Waals surface area contributed by atoms with Gasteiger partial charge < -0.3 is 9.73 Å². The SMILES string of the molecule is CCc1nc(-c2ccoc2)ncc1CNC(C)C. The molecule has 0 atom stereocenters. The smallest absolute Gasteiger partial charge is 0.162 e. The summed E-state index contributed by atoms with van der Waals surface area (Å²) in [5.74, 6) is 0.730. The van der Waals surface area contributed by atoms with Crippen LogP contribution >= 0.6 is 0 Å². The van der Waals surface area contributed by atoms with Gasteiger partial charge in [0, 0.05) is 30.0 Å². The summed E-state index contributed by atoms with van der Waals surface area (Å²) in [7, 11) is 0. The Balaban J connectivity index is 2.23. The van der Waals surface area contributed by atoms with E-state index in [1.54, 1.807) is 12.5 Å². The van der Waals surface area contributed by atoms with E-state index in [2.05, 4.69) is 36.1 Å². The predicted octanol–water partition coefficient (Wildman–Crippen LogP) is 2.80. The molecule has 0 fully saturated rings. The van der Waals surface area contributed by atoms with Gasteiger partial charge in [-0.3, -0.25) is 0 Å². The molecule has 0 aromatic carbocycles. The zero-order chi connectivity index (χ0) is 13.0. The van der Waals surface area contributed by atoms with Crippen LogP contribution in [0.15, 0.2) is 29.2 Å². The molecule has 4 heteroatoms. The Morgan fingerprint density at radius 1 is 1.39 bits per heavy atom. The zero-order valence-electron chi connectivity index (χ0n) is 11.1. The van der Waals surface area contributed by atoms with Gasteiger partial charge in [-0.25, -0.2) is 9.97 Å². The van der Waals surface area contributed by atoms with Crippen molar-refractivity contribution in [3.63, 3.8) is 0 Å². The minimum Gasteiger partial charge on any atom is -0.472 e. The lowest BCUT2D eigenvalue weighted by Crippen LogP contribution is -2.23. The topological polar surface area (TPSA) is 51.0 Å². The highest BCUT2D eigenvalue weighted by atomic mass is 16.3. The van der Waals surface area contributed by atoms with E-state index < -0.39 is 0 Å². The number of nitrogens with zero attached hydrogens (tertiary/aromatic N) is 2. The van der Waals surface area contributed by atoms with Crippen molar-refractivity contribution in [3.05, 3.63) is 36.0 Å². The van der Waals surface area contributed by atoms with Crippen LogP contribution in [0.1, 0.15) is 32.0 Å². The molecular weight excluding hydrogens is 226 g/mol. The minimum atomic E-state index is 0.461. The quantitative estimate of drug-likeness (QED) is 0.880. The average Bonchev–Trinajstić information content (AvgIpc) is 2.90. The first kappa shape index (κ1) is 12.8. The average molecular weight is 245 g/mol. The number of hydrogen-bond donors (Lipinski definition) is 1. The van der Waals surface area contributed by atoms with Gasteiger partial charge in [0.25, 0.3) is 0 Å². The summed E-state index contributed by atoms with van der Waals surface area (Å²) < 4.78 is 5.06. The van der Waals surface area contributed by atoms with Crippen molar-refractivity contribution in [2.45, 2.75) is 39.8 Å². The van der Waals surface area contributed by atoms with Gasteiger partial charge in [0.05, 0.1) is 11.8 Å². The number of aromatic nitrogens is 2. The van der Waals surface area contributed by atoms with Crippen molar-refractivity contribution >= 4 is 0 Å². The number of aryl methyl sites for hydroxylation is 1. The summed E-state index contributed by atoms with van der Waals surface area (Å²) in [5, 5.41) is 3.39. The van der Waals surface area contributed by atoms with Crippen molar-refractivity contribution in [2.75, 3.05) is 0 Å². The highest BCUT2D eigenvalue weighted by Crippen LogP contribution is 2.17. The van der Waals surface area contributed by atoms with Crippen LogP contribution in [-0.2, 0) is 13.0 Å². The van der Waals surface area contributed by atoms with Crippen molar-refractivity contribution in [3.8, 4) is 11.4 Å². The molecule has 0 saturated carbocycles. The summed E-state index contributed by atoms with van der Waals surface area (Å²) in [6.45, 7) is 7.19. The number of rotatable bonds is 5. The van der Waals surface area contributed by atoms with E-state index in [1.165, 1.54) is 5.56 Å². The third-order valence-electron chi connectivity index (χ3n) is 2.77. The molecule has 0 aliphatic carbocycles. The molecule has 2 aromatic heterocycles. The van der Waals surface area contributed by atoms with E-state index in [9.17, 15) is 0 Å². The Labute approximate surface area is 107 Å². The van der Waals surface area contributed by atoms with E-state index in [0.29, 0.717) is 6.04 Å². The molecular formula is C14H19N3O. The van der Waals surface area contributed by atoms with Crippen LogP contribution in [0.25, 0.3) is 11.4 Å². The van der Waals surface area contributed by atoms with Gasteiger partial charge in [0.15, 0.2) is 5.82 Å². The van der Waals surface area contributed by atoms with Gasteiger partial charge >= 0.3 is 0 Å². The van der Waals surface area contributed by atoms with Crippen molar-refractivity contribution in [2.24, 2.45) is 0 Å². The molecule has 2 rings (SSSR count). The minimum absolute atomic E-state index is 0.461. The Hall–Kier alpha value is -1.68. The normalized spacial score (nSPS) is 11.1. The van der Waals surface area contributed by atoms with Crippen LogP contribution in [0.5, 0.6) is 0 Å². The van der Waals surface area contributed by atoms with E-state index in [4.69, 9.17) is 4.42 Å². The fourth-order valence-corrected chi connectivity index (χ4v) is 1.74. The zero-order valence-corrected chi connectivity index (χ0v) is 11.1. The van der Waals surface area contributed by atoms with Gasteiger partial charge in [-0.1, -0.05) is 20.8 Å². The molecule has 4 nitrogen and oxygen atoms in total. The maximum absolute atomic E-state index is 5.06. The summed E-state index contributed by atoms with van der Waals surface area (Å²) in [5.41, 5.74) is 3.18. The monoisotopic (exact) mass is 245 g/mol.